The molecule has 4 nitrogen and oxygen atoms in total. The molecule has 2 aromatic heterocycles. The van der Waals surface area contributed by atoms with E-state index in [1.807, 2.05) is 12.5 Å². The molecule has 1 atom stereocenters. The molecule has 166 valence electrons. The quantitative estimate of drug-likeness (QED) is 0.348. The largest absolute Gasteiger partial charge is 0.468 e. The summed E-state index contributed by atoms with van der Waals surface area (Å²) in [6.45, 7) is 7.65. The van der Waals surface area contributed by atoms with E-state index in [1.54, 1.807) is 0 Å². The molecule has 0 N–H and O–H groups in total. The highest BCUT2D eigenvalue weighted by atomic mass is 16.3. The molecule has 0 amide bonds. The Hall–Kier alpha value is -2.56. The summed E-state index contributed by atoms with van der Waals surface area (Å²) in [5.41, 5.74) is 2.67. The first kappa shape index (κ1) is 20.1. The van der Waals surface area contributed by atoms with Gasteiger partial charge in [0.1, 0.15) is 11.5 Å². The molecule has 2 fully saturated rings. The van der Waals surface area contributed by atoms with Gasteiger partial charge in [-0.25, -0.2) is 10.0 Å². The van der Waals surface area contributed by atoms with Crippen LogP contribution < -0.4 is 0 Å². The van der Waals surface area contributed by atoms with Crippen LogP contribution in [0.1, 0.15) is 66.7 Å². The van der Waals surface area contributed by atoms with Crippen molar-refractivity contribution in [3.8, 4) is 0 Å². The van der Waals surface area contributed by atoms with Gasteiger partial charge in [-0.3, -0.25) is 0 Å². The second kappa shape index (κ2) is 8.09. The van der Waals surface area contributed by atoms with Crippen LogP contribution >= 0.6 is 0 Å². The van der Waals surface area contributed by atoms with Gasteiger partial charge in [-0.2, -0.15) is 0 Å². The van der Waals surface area contributed by atoms with Crippen LogP contribution in [0, 0.1) is 13.8 Å². The van der Waals surface area contributed by atoms with Crippen LogP contribution in [0.5, 0.6) is 0 Å². The fraction of sp³-hybridized carbons (Fsp3) is 0.429. The van der Waals surface area contributed by atoms with Crippen molar-refractivity contribution in [2.45, 2.75) is 57.9 Å². The lowest BCUT2D eigenvalue weighted by molar-refractivity contribution is -0.0981. The Balaban J connectivity index is 1.23. The molecule has 1 unspecified atom stereocenters. The van der Waals surface area contributed by atoms with Gasteiger partial charge in [0.2, 0.25) is 0 Å². The topological polar surface area (TPSA) is 32.8 Å². The van der Waals surface area contributed by atoms with E-state index in [2.05, 4.69) is 60.3 Å². The molecule has 4 aromatic rings. The number of nitrogens with zero attached hydrogens (tertiary/aromatic N) is 2. The van der Waals surface area contributed by atoms with Crippen molar-refractivity contribution in [2.75, 3.05) is 19.6 Å². The zero-order chi connectivity index (χ0) is 21.7. The maximum atomic E-state index is 6.23. The predicted molar refractivity (Wildman–Crippen MR) is 129 cm³/mol. The van der Waals surface area contributed by atoms with Crippen molar-refractivity contribution in [1.29, 1.82) is 0 Å². The first-order chi connectivity index (χ1) is 15.7. The van der Waals surface area contributed by atoms with E-state index >= 15 is 0 Å². The van der Waals surface area contributed by atoms with E-state index in [0.29, 0.717) is 12.0 Å². The number of aryl methyl sites for hydroxylation is 2. The molecule has 0 spiro atoms. The van der Waals surface area contributed by atoms with E-state index in [4.69, 9.17) is 8.83 Å². The number of fused-ring (bicyclic) bond motifs is 2. The Morgan fingerprint density at radius 1 is 0.750 bits per heavy atom. The molecule has 6 rings (SSSR count). The molecule has 2 saturated heterocycles. The fourth-order valence-corrected chi connectivity index (χ4v) is 5.83. The first-order valence-corrected chi connectivity index (χ1v) is 12.1. The molecule has 2 aliphatic rings. The maximum Gasteiger partial charge on any atom is 0.130 e. The van der Waals surface area contributed by atoms with Gasteiger partial charge in [-0.1, -0.05) is 30.7 Å². The number of hydrogen-bond acceptors (Lipinski definition) is 4. The summed E-state index contributed by atoms with van der Waals surface area (Å²) in [5.74, 6) is 2.84. The molecule has 2 aromatic carbocycles. The fourth-order valence-electron chi connectivity index (χ4n) is 5.83. The summed E-state index contributed by atoms with van der Waals surface area (Å²) in [6.07, 6.45) is 9.84. The zero-order valence-electron chi connectivity index (χ0n) is 19.1. The van der Waals surface area contributed by atoms with Gasteiger partial charge in [-0.15, -0.1) is 0 Å². The van der Waals surface area contributed by atoms with E-state index in [-0.39, 0.29) is 0 Å². The predicted octanol–water partition coefficient (Wildman–Crippen LogP) is 7.12. The Morgan fingerprint density at radius 3 is 2.38 bits per heavy atom. The summed E-state index contributed by atoms with van der Waals surface area (Å²) >= 11 is 0. The number of piperidine rings is 2. The highest BCUT2D eigenvalue weighted by Crippen LogP contribution is 2.40. The lowest BCUT2D eigenvalue weighted by Crippen LogP contribution is -2.50. The molecule has 2 aliphatic heterocycles. The van der Waals surface area contributed by atoms with E-state index in [1.165, 1.54) is 51.3 Å². The monoisotopic (exact) mass is 428 g/mol. The van der Waals surface area contributed by atoms with Crippen LogP contribution in [0.15, 0.2) is 57.8 Å². The Labute approximate surface area is 189 Å². The normalized spacial score (nSPS) is 21.6. The smallest absolute Gasteiger partial charge is 0.130 e. The Morgan fingerprint density at radius 2 is 1.50 bits per heavy atom. The number of benzene rings is 2. The van der Waals surface area contributed by atoms with Gasteiger partial charge >= 0.3 is 0 Å². The first-order valence-electron chi connectivity index (χ1n) is 12.1. The SMILES string of the molecule is Cc1cc2coc(C3CCCCN3N3CCC(c4occ5ccccc45)CC3)c2cc1C. The Bertz CT molecular complexity index is 1250. The van der Waals surface area contributed by atoms with E-state index < -0.39 is 0 Å². The summed E-state index contributed by atoms with van der Waals surface area (Å²) < 4.78 is 12.3. The van der Waals surface area contributed by atoms with Gasteiger partial charge < -0.3 is 8.83 Å². The maximum absolute atomic E-state index is 6.23. The van der Waals surface area contributed by atoms with E-state index in [9.17, 15) is 0 Å². The second-order valence-corrected chi connectivity index (χ2v) is 9.71. The molecule has 0 radical (unpaired) electrons. The van der Waals surface area contributed by atoms with Crippen molar-refractivity contribution >= 4 is 21.5 Å². The van der Waals surface area contributed by atoms with Crippen LogP contribution in [-0.4, -0.2) is 29.7 Å². The van der Waals surface area contributed by atoms with Gasteiger partial charge in [0.15, 0.2) is 0 Å². The van der Waals surface area contributed by atoms with Crippen LogP contribution in [-0.2, 0) is 0 Å². The molecular formula is C28H32N2O2. The minimum absolute atomic E-state index is 0.337. The molecular weight excluding hydrogens is 396 g/mol. The van der Waals surface area contributed by atoms with Gasteiger partial charge in [0.25, 0.3) is 0 Å². The molecule has 32 heavy (non-hydrogen) atoms. The van der Waals surface area contributed by atoms with Crippen molar-refractivity contribution in [1.82, 2.24) is 10.0 Å². The summed E-state index contributed by atoms with van der Waals surface area (Å²) in [6, 6.07) is 13.5. The van der Waals surface area contributed by atoms with Crippen LogP contribution in [0.25, 0.3) is 21.5 Å². The standard InChI is InChI=1S/C28H32N2O2/c1-19-15-23-18-32-28(25(23)16-20(19)2)26-9-5-6-12-30(26)29-13-10-21(11-14-29)27-24-8-4-3-7-22(24)17-31-27/h3-4,7-8,15-18,21,26H,5-6,9-14H2,1-2H3. The number of rotatable bonds is 3. The van der Waals surface area contributed by atoms with Gasteiger partial charge in [0, 0.05) is 47.1 Å². The molecule has 0 bridgehead atoms. The molecule has 0 aliphatic carbocycles. The average Bonchev–Trinajstić information content (AvgIpc) is 3.44. The van der Waals surface area contributed by atoms with Crippen LogP contribution in [0.3, 0.4) is 0 Å². The van der Waals surface area contributed by atoms with E-state index in [0.717, 1.165) is 44.7 Å². The minimum Gasteiger partial charge on any atom is -0.468 e. The summed E-state index contributed by atoms with van der Waals surface area (Å²) in [4.78, 5) is 0. The Kier molecular flexibility index (Phi) is 5.08. The average molecular weight is 429 g/mol. The third-order valence-electron chi connectivity index (χ3n) is 7.77. The second-order valence-electron chi connectivity index (χ2n) is 9.71. The van der Waals surface area contributed by atoms with Crippen LogP contribution in [0.2, 0.25) is 0 Å². The highest BCUT2D eigenvalue weighted by molar-refractivity contribution is 5.86. The highest BCUT2D eigenvalue weighted by Gasteiger charge is 2.35. The minimum atomic E-state index is 0.337. The zero-order valence-corrected chi connectivity index (χ0v) is 19.1. The van der Waals surface area contributed by atoms with Crippen molar-refractivity contribution in [3.63, 3.8) is 0 Å². The van der Waals surface area contributed by atoms with Crippen molar-refractivity contribution in [2.24, 2.45) is 0 Å². The number of hydrazine groups is 1. The lowest BCUT2D eigenvalue weighted by Gasteiger charge is -2.45. The molecule has 0 saturated carbocycles. The number of furan rings is 2. The lowest BCUT2D eigenvalue weighted by atomic mass is 9.92. The third kappa shape index (κ3) is 3.37. The molecule has 4 heteroatoms. The van der Waals surface area contributed by atoms with Crippen molar-refractivity contribution < 1.29 is 8.83 Å². The summed E-state index contributed by atoms with van der Waals surface area (Å²) in [5, 5.41) is 10.2. The van der Waals surface area contributed by atoms with Gasteiger partial charge in [0.05, 0.1) is 18.6 Å². The third-order valence-corrected chi connectivity index (χ3v) is 7.77. The molecule has 4 heterocycles. The number of hydrogen-bond donors (Lipinski definition) is 0. The van der Waals surface area contributed by atoms with Gasteiger partial charge in [-0.05, 0) is 62.8 Å². The van der Waals surface area contributed by atoms with Crippen molar-refractivity contribution in [3.05, 3.63) is 71.6 Å². The summed E-state index contributed by atoms with van der Waals surface area (Å²) in [7, 11) is 0. The van der Waals surface area contributed by atoms with Crippen LogP contribution in [0.4, 0.5) is 0 Å².